The number of nitrogens with zero attached hydrogens (tertiary/aromatic N) is 4. The highest BCUT2D eigenvalue weighted by Crippen LogP contribution is 2.24. The van der Waals surface area contributed by atoms with E-state index in [9.17, 15) is 13.2 Å². The molecule has 1 fully saturated rings. The molecule has 2 aliphatic heterocycles. The molecule has 1 aromatic heterocycles. The molecule has 0 bridgehead atoms. The first kappa shape index (κ1) is 20.0. The molecule has 0 spiro atoms. The number of hydrogen-bond donors (Lipinski definition) is 1. The maximum atomic E-state index is 12.7. The molecule has 0 atom stereocenters. The van der Waals surface area contributed by atoms with Crippen molar-refractivity contribution in [2.75, 3.05) is 13.1 Å². The number of carbonyl (C=O) groups excluding carboxylic acids is 1. The van der Waals surface area contributed by atoms with E-state index in [4.69, 9.17) is 0 Å². The van der Waals surface area contributed by atoms with E-state index in [0.29, 0.717) is 37.4 Å². The Morgan fingerprint density at radius 1 is 1.03 bits per heavy atom. The van der Waals surface area contributed by atoms with Gasteiger partial charge in [0.05, 0.1) is 11.4 Å². The Balaban J connectivity index is 1.31. The average molecular weight is 418 g/mol. The molecule has 3 heterocycles. The van der Waals surface area contributed by atoms with Gasteiger partial charge in [-0.05, 0) is 37.8 Å². The quantitative estimate of drug-likeness (QED) is 0.799. The van der Waals surface area contributed by atoms with Gasteiger partial charge in [0, 0.05) is 32.0 Å². The van der Waals surface area contributed by atoms with Crippen molar-refractivity contribution in [1.82, 2.24) is 24.4 Å². The van der Waals surface area contributed by atoms with Gasteiger partial charge in [0.15, 0.2) is 5.82 Å². The highest BCUT2D eigenvalue weighted by Gasteiger charge is 2.32. The lowest BCUT2D eigenvalue weighted by molar-refractivity contribution is -0.126. The largest absolute Gasteiger partial charge is 0.349 e. The number of piperidine rings is 1. The molecule has 0 radical (unpaired) electrons. The first-order valence-corrected chi connectivity index (χ1v) is 11.7. The second-order valence-corrected chi connectivity index (χ2v) is 9.64. The molecule has 156 valence electrons. The summed E-state index contributed by atoms with van der Waals surface area (Å²) in [5, 5.41) is 11.5. The minimum absolute atomic E-state index is 0.0345. The fraction of sp³-hybridized carbons (Fsp3) is 0.550. The second-order valence-electron chi connectivity index (χ2n) is 7.70. The van der Waals surface area contributed by atoms with Crippen LogP contribution in [-0.4, -0.2) is 46.5 Å². The van der Waals surface area contributed by atoms with Gasteiger partial charge in [-0.1, -0.05) is 24.6 Å². The smallest absolute Gasteiger partial charge is 0.243 e. The van der Waals surface area contributed by atoms with Crippen molar-refractivity contribution >= 4 is 15.9 Å². The highest BCUT2D eigenvalue weighted by atomic mass is 32.2. The third-order valence-electron chi connectivity index (χ3n) is 5.81. The number of sulfonamides is 1. The second kappa shape index (κ2) is 8.62. The molecular formula is C20H27N5O3S. The van der Waals surface area contributed by atoms with Gasteiger partial charge in [-0.25, -0.2) is 8.42 Å². The molecular weight excluding hydrogens is 390 g/mol. The van der Waals surface area contributed by atoms with Crippen LogP contribution < -0.4 is 5.32 Å². The molecule has 1 N–H and O–H groups in total. The van der Waals surface area contributed by atoms with Crippen molar-refractivity contribution in [2.24, 2.45) is 5.92 Å². The topological polar surface area (TPSA) is 97.2 Å². The van der Waals surface area contributed by atoms with Gasteiger partial charge in [-0.2, -0.15) is 4.31 Å². The maximum absolute atomic E-state index is 12.7. The van der Waals surface area contributed by atoms with Gasteiger partial charge in [0.1, 0.15) is 5.82 Å². The predicted molar refractivity (Wildman–Crippen MR) is 107 cm³/mol. The molecule has 0 saturated carbocycles. The number of hydrogen-bond acceptors (Lipinski definition) is 5. The molecule has 29 heavy (non-hydrogen) atoms. The van der Waals surface area contributed by atoms with Gasteiger partial charge in [-0.3, -0.25) is 4.79 Å². The zero-order chi connectivity index (χ0) is 20.3. The number of aromatic nitrogens is 3. The van der Waals surface area contributed by atoms with Crippen molar-refractivity contribution in [3.05, 3.63) is 42.0 Å². The van der Waals surface area contributed by atoms with Crippen LogP contribution in [0.5, 0.6) is 0 Å². The summed E-state index contributed by atoms with van der Waals surface area (Å²) in [6.07, 6.45) is 5.43. The molecule has 1 saturated heterocycles. The minimum atomic E-state index is -3.49. The lowest BCUT2D eigenvalue weighted by Crippen LogP contribution is -2.43. The maximum Gasteiger partial charge on any atom is 0.243 e. The summed E-state index contributed by atoms with van der Waals surface area (Å²) in [5.41, 5.74) is 0. The molecule has 2 aromatic rings. The van der Waals surface area contributed by atoms with Crippen LogP contribution >= 0.6 is 0 Å². The fourth-order valence-corrected chi connectivity index (χ4v) is 5.58. The number of nitrogens with one attached hydrogen (secondary N) is 1. The number of fused-ring (bicyclic) bond motifs is 1. The van der Waals surface area contributed by atoms with Crippen LogP contribution in [0.25, 0.3) is 0 Å². The number of benzene rings is 1. The van der Waals surface area contributed by atoms with Crippen LogP contribution in [0.3, 0.4) is 0 Å². The molecule has 1 amide bonds. The number of aryl methyl sites for hydroxylation is 1. The van der Waals surface area contributed by atoms with Crippen LogP contribution in [0, 0.1) is 5.92 Å². The Morgan fingerprint density at radius 2 is 1.79 bits per heavy atom. The molecule has 4 rings (SSSR count). The van der Waals surface area contributed by atoms with Crippen LogP contribution in [0.15, 0.2) is 35.2 Å². The summed E-state index contributed by atoms with van der Waals surface area (Å²) in [6.45, 7) is 1.99. The Labute approximate surface area is 171 Å². The van der Waals surface area contributed by atoms with E-state index >= 15 is 0 Å². The Kier molecular flexibility index (Phi) is 5.96. The predicted octanol–water partition coefficient (Wildman–Crippen LogP) is 1.72. The third kappa shape index (κ3) is 4.35. The first-order chi connectivity index (χ1) is 14.1. The van der Waals surface area contributed by atoms with Crippen LogP contribution in [0.1, 0.15) is 43.8 Å². The lowest BCUT2D eigenvalue weighted by atomic mass is 9.97. The molecule has 1 aromatic carbocycles. The van der Waals surface area contributed by atoms with Gasteiger partial charge in [0.2, 0.25) is 15.9 Å². The van der Waals surface area contributed by atoms with Gasteiger partial charge >= 0.3 is 0 Å². The van der Waals surface area contributed by atoms with E-state index in [-0.39, 0.29) is 11.8 Å². The van der Waals surface area contributed by atoms with Crippen LogP contribution in [0.4, 0.5) is 0 Å². The molecule has 9 heteroatoms. The summed E-state index contributed by atoms with van der Waals surface area (Å²) < 4.78 is 29.0. The number of amides is 1. The van der Waals surface area contributed by atoms with Gasteiger partial charge < -0.3 is 9.88 Å². The average Bonchev–Trinajstić information content (AvgIpc) is 2.98. The van der Waals surface area contributed by atoms with E-state index < -0.39 is 10.0 Å². The van der Waals surface area contributed by atoms with E-state index in [0.717, 1.165) is 37.5 Å². The standard InChI is InChI=1S/C20H27N5O3S/c26-20(21-15-19-23-22-18-9-5-2-6-12-25(18)19)16-10-13-24(14-11-16)29(27,28)17-7-3-1-4-8-17/h1,3-4,7-8,16H,2,5-6,9-15H2,(H,21,26). The summed E-state index contributed by atoms with van der Waals surface area (Å²) in [5.74, 6) is 1.60. The zero-order valence-corrected chi connectivity index (χ0v) is 17.3. The zero-order valence-electron chi connectivity index (χ0n) is 16.5. The normalized spacial score (nSPS) is 18.8. The molecule has 0 aliphatic carbocycles. The summed E-state index contributed by atoms with van der Waals surface area (Å²) in [6, 6.07) is 8.45. The molecule has 2 aliphatic rings. The van der Waals surface area contributed by atoms with E-state index in [1.807, 2.05) is 0 Å². The van der Waals surface area contributed by atoms with E-state index in [1.165, 1.54) is 10.7 Å². The summed E-state index contributed by atoms with van der Waals surface area (Å²) >= 11 is 0. The monoisotopic (exact) mass is 417 g/mol. The third-order valence-corrected chi connectivity index (χ3v) is 7.73. The highest BCUT2D eigenvalue weighted by molar-refractivity contribution is 7.89. The Morgan fingerprint density at radius 3 is 2.55 bits per heavy atom. The van der Waals surface area contributed by atoms with Crippen molar-refractivity contribution in [3.63, 3.8) is 0 Å². The minimum Gasteiger partial charge on any atom is -0.349 e. The van der Waals surface area contributed by atoms with Crippen molar-refractivity contribution in [1.29, 1.82) is 0 Å². The summed E-state index contributed by atoms with van der Waals surface area (Å²) in [4.78, 5) is 12.9. The van der Waals surface area contributed by atoms with Gasteiger partial charge in [0.25, 0.3) is 0 Å². The molecule has 8 nitrogen and oxygen atoms in total. The van der Waals surface area contributed by atoms with E-state index in [2.05, 4.69) is 20.1 Å². The van der Waals surface area contributed by atoms with Gasteiger partial charge in [-0.15, -0.1) is 10.2 Å². The summed E-state index contributed by atoms with van der Waals surface area (Å²) in [7, 11) is -3.49. The Bertz CT molecular complexity index is 950. The fourth-order valence-electron chi connectivity index (χ4n) is 4.09. The van der Waals surface area contributed by atoms with Crippen molar-refractivity contribution in [2.45, 2.75) is 56.5 Å². The lowest BCUT2D eigenvalue weighted by Gasteiger charge is -2.30. The first-order valence-electron chi connectivity index (χ1n) is 10.3. The number of carbonyl (C=O) groups is 1. The number of rotatable bonds is 5. The van der Waals surface area contributed by atoms with Crippen molar-refractivity contribution in [3.8, 4) is 0 Å². The molecule has 0 unspecified atom stereocenters. The van der Waals surface area contributed by atoms with Crippen LogP contribution in [-0.2, 0) is 34.3 Å². The van der Waals surface area contributed by atoms with Crippen molar-refractivity contribution < 1.29 is 13.2 Å². The SMILES string of the molecule is O=C(NCc1nnc2n1CCCCC2)C1CCN(S(=O)(=O)c2ccccc2)CC1. The van der Waals surface area contributed by atoms with Crippen LogP contribution in [0.2, 0.25) is 0 Å². The van der Waals surface area contributed by atoms with E-state index in [1.54, 1.807) is 30.3 Å². The Hall–Kier alpha value is -2.26.